The van der Waals surface area contributed by atoms with Gasteiger partial charge in [0.1, 0.15) is 36.1 Å². The van der Waals surface area contributed by atoms with Gasteiger partial charge in [0.2, 0.25) is 0 Å². The number of oxime groups is 1. The molecule has 2 amide bonds. The fourth-order valence-corrected chi connectivity index (χ4v) is 6.23. The summed E-state index contributed by atoms with van der Waals surface area (Å²) in [6, 6.07) is -1.04. The van der Waals surface area contributed by atoms with Crippen LogP contribution in [0.4, 0.5) is 5.13 Å². The molecule has 4 heterocycles. The number of nitrogen functional groups attached to an aromatic ring is 1. The molecule has 19 heteroatoms. The lowest BCUT2D eigenvalue weighted by Crippen LogP contribution is -2.70. The minimum absolute atomic E-state index is 0.0723. The van der Waals surface area contributed by atoms with Crippen molar-refractivity contribution in [1.82, 2.24) is 30.0 Å². The molecule has 230 valence electrons. The lowest BCUT2D eigenvalue weighted by Gasteiger charge is -2.49. The van der Waals surface area contributed by atoms with Crippen LogP contribution in [0.5, 0.6) is 0 Å². The van der Waals surface area contributed by atoms with Crippen molar-refractivity contribution in [3.63, 3.8) is 0 Å². The first-order chi connectivity index (χ1) is 20.1. The number of allylic oxidation sites excluding steroid dienone is 1. The lowest BCUT2D eigenvalue weighted by atomic mass is 9.98. The first-order valence-corrected chi connectivity index (χ1v) is 14.9. The van der Waals surface area contributed by atoms with Crippen molar-refractivity contribution in [2.75, 3.05) is 18.6 Å². The molecule has 43 heavy (non-hydrogen) atoms. The summed E-state index contributed by atoms with van der Waals surface area (Å²) < 4.78 is 1.38. The Hall–Kier alpha value is -4.23. The summed E-state index contributed by atoms with van der Waals surface area (Å²) in [5.74, 6) is -3.37. The molecule has 0 bridgehead atoms. The van der Waals surface area contributed by atoms with E-state index in [1.807, 2.05) is 0 Å². The van der Waals surface area contributed by atoms with Crippen molar-refractivity contribution in [3.8, 4) is 0 Å². The molecule has 2 atom stereocenters. The molecule has 0 aliphatic carbocycles. The van der Waals surface area contributed by atoms with Gasteiger partial charge in [0.25, 0.3) is 17.4 Å². The van der Waals surface area contributed by atoms with E-state index in [4.69, 9.17) is 15.7 Å². The molecule has 4 rings (SSSR count). The molecule has 2 aromatic rings. The highest BCUT2D eigenvalue weighted by Gasteiger charge is 2.55. The summed E-state index contributed by atoms with van der Waals surface area (Å²) in [6.45, 7) is 8.95. The van der Waals surface area contributed by atoms with Crippen molar-refractivity contribution in [2.45, 2.75) is 37.3 Å². The highest BCUT2D eigenvalue weighted by molar-refractivity contribution is 8.04. The fraction of sp³-hybridized carbons (Fsp3) is 0.375. The summed E-state index contributed by atoms with van der Waals surface area (Å²) >= 11 is 3.32. The number of carboxylic acids is 2. The van der Waals surface area contributed by atoms with Crippen LogP contribution in [0.25, 0.3) is 0 Å². The molecule has 1 fully saturated rings. The molecule has 2 aliphatic heterocycles. The van der Waals surface area contributed by atoms with Crippen LogP contribution in [0, 0.1) is 5.41 Å². The zero-order valence-corrected chi connectivity index (χ0v) is 26.0. The highest BCUT2D eigenvalue weighted by atomic mass is 32.2. The number of carboxylic acid groups (broad SMARTS) is 2. The number of thioether (sulfide) groups is 2. The van der Waals surface area contributed by atoms with Gasteiger partial charge in [0.15, 0.2) is 16.0 Å². The number of hydrogen-bond donors (Lipinski definition) is 4. The Bertz CT molecular complexity index is 1590. The molecule has 1 saturated heterocycles. The van der Waals surface area contributed by atoms with Crippen molar-refractivity contribution >= 4 is 69.5 Å². The largest absolute Gasteiger partial charge is 0.481 e. The van der Waals surface area contributed by atoms with E-state index in [1.54, 1.807) is 27.8 Å². The Balaban J connectivity index is 0.000000646. The number of aliphatic carboxylic acids is 2. The van der Waals surface area contributed by atoms with Crippen molar-refractivity contribution in [3.05, 3.63) is 50.4 Å². The smallest absolute Gasteiger partial charge is 0.353 e. The zero-order chi connectivity index (χ0) is 32.2. The first-order valence-electron chi connectivity index (χ1n) is 12.1. The molecule has 2 aromatic heterocycles. The number of anilines is 1. The van der Waals surface area contributed by atoms with E-state index in [0.29, 0.717) is 10.5 Å². The predicted molar refractivity (Wildman–Crippen MR) is 159 cm³/mol. The van der Waals surface area contributed by atoms with Crippen LogP contribution in [-0.2, 0) is 31.1 Å². The van der Waals surface area contributed by atoms with Gasteiger partial charge in [0, 0.05) is 28.7 Å². The van der Waals surface area contributed by atoms with E-state index < -0.39 is 46.1 Å². The Morgan fingerprint density at radius 3 is 2.44 bits per heavy atom. The number of nitrogens with zero attached hydrogens (tertiary/aromatic N) is 6. The fourth-order valence-electron chi connectivity index (χ4n) is 3.38. The van der Waals surface area contributed by atoms with E-state index in [1.165, 1.54) is 17.2 Å². The lowest BCUT2D eigenvalue weighted by molar-refractivity contribution is -0.150. The normalized spacial score (nSPS) is 18.3. The van der Waals surface area contributed by atoms with Crippen LogP contribution >= 0.6 is 34.9 Å². The number of thiazole rings is 1. The maximum absolute atomic E-state index is 13.0. The molecular weight excluding hydrogens is 625 g/mol. The molecule has 0 aromatic carbocycles. The number of nitrogens with one attached hydrogen (secondary N) is 1. The Morgan fingerprint density at radius 1 is 1.26 bits per heavy atom. The zero-order valence-electron chi connectivity index (χ0n) is 23.6. The minimum Gasteiger partial charge on any atom is -0.481 e. The van der Waals surface area contributed by atoms with Gasteiger partial charge in [-0.05, 0) is 20.8 Å². The third kappa shape index (κ3) is 7.59. The Labute approximate surface area is 257 Å². The number of fused-ring (bicyclic) bond motifs is 1. The molecule has 5 N–H and O–H groups in total. The minimum atomic E-state index is -1.33. The second kappa shape index (κ2) is 13.4. The third-order valence-electron chi connectivity index (χ3n) is 5.63. The van der Waals surface area contributed by atoms with Gasteiger partial charge in [0.05, 0.1) is 5.41 Å². The summed E-state index contributed by atoms with van der Waals surface area (Å²) in [5, 5.41) is 29.6. The maximum atomic E-state index is 13.0. The third-order valence-corrected chi connectivity index (χ3v) is 8.61. The summed E-state index contributed by atoms with van der Waals surface area (Å²) in [6.07, 6.45) is 1.06. The second-order valence-corrected chi connectivity index (χ2v) is 12.8. The van der Waals surface area contributed by atoms with E-state index in [0.717, 1.165) is 46.0 Å². The van der Waals surface area contributed by atoms with Crippen molar-refractivity contribution in [2.24, 2.45) is 17.6 Å². The van der Waals surface area contributed by atoms with Gasteiger partial charge in [-0.3, -0.25) is 24.1 Å². The van der Waals surface area contributed by atoms with E-state index in [2.05, 4.69) is 32.1 Å². The number of aryl methyl sites for hydroxylation is 1. The SMILES string of the molecule is C=C1S[C@@H]2[C@H](NC(=O)/C(=N\OC)c3csc(N)n3)C(=O)N2C(C(=O)O)=C1CSc1nc(=O)cnn1C.CC(C)(C)C(=O)O. The summed E-state index contributed by atoms with van der Waals surface area (Å²) in [7, 11) is 2.84. The van der Waals surface area contributed by atoms with Crippen LogP contribution in [-0.4, -0.2) is 88.6 Å². The average molecular weight is 653 g/mol. The first kappa shape index (κ1) is 33.3. The summed E-state index contributed by atoms with van der Waals surface area (Å²) in [4.78, 5) is 73.7. The highest BCUT2D eigenvalue weighted by Crippen LogP contribution is 2.46. The average Bonchev–Trinajstić information content (AvgIpc) is 3.36. The van der Waals surface area contributed by atoms with Crippen molar-refractivity contribution < 1.29 is 34.2 Å². The molecule has 16 nitrogen and oxygen atoms in total. The monoisotopic (exact) mass is 652 g/mol. The van der Waals surface area contributed by atoms with E-state index in [9.17, 15) is 29.1 Å². The van der Waals surface area contributed by atoms with Crippen LogP contribution < -0.4 is 16.6 Å². The van der Waals surface area contributed by atoms with E-state index >= 15 is 0 Å². The molecule has 2 aliphatic rings. The standard InChI is InChI=1S/C19H18N8O6S3.C5H10O2/c1-7-8(5-35-19-23-10(28)4-21-26(19)2)13(17(31)32)27-15(30)12(16(27)36-7)24-14(29)11(25-33-3)9-6-34-18(20)22-9;1-5(2,3)4(6)7/h4,6,12,16H,1,5H2,2-3H3,(H2,20,22)(H,24,29)(H,31,32);1-3H3,(H,6,7)/b25-11-;/t12-,16-;/m1./s1. The van der Waals surface area contributed by atoms with Gasteiger partial charge < -0.3 is 26.1 Å². The van der Waals surface area contributed by atoms with Crippen molar-refractivity contribution in [1.29, 1.82) is 0 Å². The molecule has 0 unspecified atom stereocenters. The number of carbonyl (C=O) groups excluding carboxylic acids is 2. The quantitative estimate of drug-likeness (QED) is 0.133. The maximum Gasteiger partial charge on any atom is 0.353 e. The number of rotatable bonds is 8. The van der Waals surface area contributed by atoms with Gasteiger partial charge >= 0.3 is 11.9 Å². The number of nitrogens with two attached hydrogens (primary N) is 1. The molecule has 0 saturated carbocycles. The van der Waals surface area contributed by atoms with Crippen LogP contribution in [0.15, 0.2) is 49.4 Å². The predicted octanol–water partition coefficient (Wildman–Crippen LogP) is 0.726. The van der Waals surface area contributed by atoms with Gasteiger partial charge in [-0.2, -0.15) is 10.1 Å². The van der Waals surface area contributed by atoms with Crippen LogP contribution in [0.2, 0.25) is 0 Å². The van der Waals surface area contributed by atoms with Gasteiger partial charge in [-0.25, -0.2) is 14.5 Å². The summed E-state index contributed by atoms with van der Waals surface area (Å²) in [5.41, 5.74) is 4.54. The number of carbonyl (C=O) groups is 4. The van der Waals surface area contributed by atoms with Gasteiger partial charge in [-0.1, -0.05) is 35.3 Å². The number of aromatic nitrogens is 4. The second-order valence-electron chi connectivity index (χ2n) is 9.76. The Kier molecular flexibility index (Phi) is 10.4. The van der Waals surface area contributed by atoms with E-state index in [-0.39, 0.29) is 33.1 Å². The van der Waals surface area contributed by atoms with Crippen LogP contribution in [0.3, 0.4) is 0 Å². The molecule has 0 spiro atoms. The van der Waals surface area contributed by atoms with Gasteiger partial charge in [-0.15, -0.1) is 11.3 Å². The molecular formula is C24H28N8O8S3. The molecule has 0 radical (unpaired) electrons. The number of β-lactam (4-membered cyclic amide) rings is 1. The topological polar surface area (TPSA) is 232 Å². The number of hydrogen-bond acceptors (Lipinski definition) is 14. The number of amides is 2. The van der Waals surface area contributed by atoms with Crippen LogP contribution in [0.1, 0.15) is 26.5 Å². The Morgan fingerprint density at radius 2 is 1.91 bits per heavy atom.